The monoisotopic (exact) mass is 498 g/mol. The van der Waals surface area contributed by atoms with Crippen LogP contribution in [0, 0.1) is 0 Å². The number of ether oxygens (including phenoxy) is 2. The molecule has 0 bridgehead atoms. The fraction of sp³-hybridized carbons (Fsp3) is 0.217. The lowest BCUT2D eigenvalue weighted by Gasteiger charge is -2.13. The van der Waals surface area contributed by atoms with E-state index in [1.807, 2.05) is 18.4 Å². The van der Waals surface area contributed by atoms with E-state index >= 15 is 0 Å². The predicted molar refractivity (Wildman–Crippen MR) is 133 cm³/mol. The standard InChI is InChI=1S/C23H22N4O5S2/c1-31-15-10-8-14(9-11-15)12-24-18(28)13-26-20-19(34-22(25-20)33-3)21(29)27(23(26)30)16-6-4-5-7-17(16)32-2/h4-11H,12-13H2,1-3H3,(H,24,28). The van der Waals surface area contributed by atoms with Crippen molar-refractivity contribution in [2.24, 2.45) is 0 Å². The van der Waals surface area contributed by atoms with Crippen LogP contribution in [0.5, 0.6) is 11.5 Å². The summed E-state index contributed by atoms with van der Waals surface area (Å²) in [7, 11) is 3.05. The van der Waals surface area contributed by atoms with Crippen molar-refractivity contribution in [2.45, 2.75) is 17.4 Å². The van der Waals surface area contributed by atoms with E-state index in [1.54, 1.807) is 43.5 Å². The van der Waals surface area contributed by atoms with Gasteiger partial charge >= 0.3 is 5.69 Å². The van der Waals surface area contributed by atoms with Crippen LogP contribution in [-0.2, 0) is 17.9 Å². The van der Waals surface area contributed by atoms with E-state index in [0.717, 1.165) is 15.9 Å². The number of nitrogens with one attached hydrogen (secondary N) is 1. The number of hydrogen-bond donors (Lipinski definition) is 1. The van der Waals surface area contributed by atoms with Crippen molar-refractivity contribution in [1.82, 2.24) is 19.4 Å². The summed E-state index contributed by atoms with van der Waals surface area (Å²) in [6, 6.07) is 14.0. The molecule has 2 aromatic carbocycles. The number of benzene rings is 2. The fourth-order valence-corrected chi connectivity index (χ4v) is 4.91. The van der Waals surface area contributed by atoms with Crippen LogP contribution in [0.4, 0.5) is 0 Å². The Morgan fingerprint density at radius 1 is 1.09 bits per heavy atom. The van der Waals surface area contributed by atoms with Gasteiger partial charge in [-0.1, -0.05) is 36.0 Å². The molecule has 0 unspecified atom stereocenters. The quantitative estimate of drug-likeness (QED) is 0.373. The van der Waals surface area contributed by atoms with Crippen LogP contribution in [0.2, 0.25) is 0 Å². The Morgan fingerprint density at radius 3 is 2.50 bits per heavy atom. The van der Waals surface area contributed by atoms with Gasteiger partial charge in [0.1, 0.15) is 22.7 Å². The highest BCUT2D eigenvalue weighted by Crippen LogP contribution is 2.26. The zero-order valence-electron chi connectivity index (χ0n) is 18.7. The first-order valence-corrected chi connectivity index (χ1v) is 12.2. The van der Waals surface area contributed by atoms with Gasteiger partial charge in [0.15, 0.2) is 9.99 Å². The molecular formula is C23H22N4O5S2. The Hall–Kier alpha value is -3.57. The summed E-state index contributed by atoms with van der Waals surface area (Å²) in [5, 5.41) is 2.81. The number of rotatable bonds is 8. The molecule has 2 heterocycles. The van der Waals surface area contributed by atoms with Gasteiger partial charge in [-0.25, -0.2) is 14.3 Å². The number of methoxy groups -OCH3 is 2. The molecule has 4 rings (SSSR count). The Kier molecular flexibility index (Phi) is 7.03. The molecule has 2 aromatic heterocycles. The van der Waals surface area contributed by atoms with Crippen molar-refractivity contribution in [3.05, 3.63) is 74.9 Å². The van der Waals surface area contributed by atoms with Gasteiger partial charge in [0.05, 0.1) is 19.9 Å². The van der Waals surface area contributed by atoms with Gasteiger partial charge in [0, 0.05) is 6.54 Å². The van der Waals surface area contributed by atoms with Crippen molar-refractivity contribution in [2.75, 3.05) is 20.5 Å². The Balaban J connectivity index is 1.73. The summed E-state index contributed by atoms with van der Waals surface area (Å²) in [5.74, 6) is 0.699. The third kappa shape index (κ3) is 4.57. The van der Waals surface area contributed by atoms with Crippen molar-refractivity contribution in [3.63, 3.8) is 0 Å². The average molecular weight is 499 g/mol. The molecule has 0 aliphatic heterocycles. The maximum absolute atomic E-state index is 13.5. The van der Waals surface area contributed by atoms with E-state index in [2.05, 4.69) is 10.3 Å². The molecule has 11 heteroatoms. The second-order valence-corrected chi connectivity index (χ2v) is 9.19. The van der Waals surface area contributed by atoms with E-state index in [-0.39, 0.29) is 29.3 Å². The van der Waals surface area contributed by atoms with Crippen molar-refractivity contribution >= 4 is 39.4 Å². The van der Waals surface area contributed by atoms with Crippen LogP contribution >= 0.6 is 23.1 Å². The van der Waals surface area contributed by atoms with Crippen LogP contribution < -0.4 is 26.0 Å². The van der Waals surface area contributed by atoms with Crippen molar-refractivity contribution in [1.29, 1.82) is 0 Å². The molecule has 0 atom stereocenters. The highest BCUT2D eigenvalue weighted by Gasteiger charge is 2.21. The zero-order valence-corrected chi connectivity index (χ0v) is 20.4. The number of thiazole rings is 1. The molecule has 0 aliphatic rings. The molecule has 1 N–H and O–H groups in total. The van der Waals surface area contributed by atoms with E-state index < -0.39 is 11.2 Å². The Labute approximate surface area is 203 Å². The van der Waals surface area contributed by atoms with Gasteiger partial charge < -0.3 is 14.8 Å². The minimum Gasteiger partial charge on any atom is -0.497 e. The van der Waals surface area contributed by atoms with Gasteiger partial charge in [-0.05, 0) is 36.1 Å². The normalized spacial score (nSPS) is 10.9. The second-order valence-electron chi connectivity index (χ2n) is 7.14. The average Bonchev–Trinajstić information content (AvgIpc) is 3.31. The molecule has 0 fully saturated rings. The molecular weight excluding hydrogens is 476 g/mol. The summed E-state index contributed by atoms with van der Waals surface area (Å²) in [6.45, 7) is -0.0154. The third-order valence-electron chi connectivity index (χ3n) is 5.12. The lowest BCUT2D eigenvalue weighted by atomic mass is 10.2. The molecule has 34 heavy (non-hydrogen) atoms. The maximum atomic E-state index is 13.5. The number of carbonyl (C=O) groups is 1. The van der Waals surface area contributed by atoms with Gasteiger partial charge in [-0.3, -0.25) is 14.2 Å². The van der Waals surface area contributed by atoms with Gasteiger partial charge in [-0.2, -0.15) is 0 Å². The van der Waals surface area contributed by atoms with Gasteiger partial charge in [-0.15, -0.1) is 11.3 Å². The number of aromatic nitrogens is 3. The van der Waals surface area contributed by atoms with E-state index in [0.29, 0.717) is 15.8 Å². The first kappa shape index (κ1) is 23.6. The maximum Gasteiger partial charge on any atom is 0.337 e. The molecule has 0 radical (unpaired) electrons. The zero-order chi connectivity index (χ0) is 24.2. The highest BCUT2D eigenvalue weighted by atomic mass is 32.2. The number of carbonyl (C=O) groups excluding carboxylic acids is 1. The van der Waals surface area contributed by atoms with Crippen molar-refractivity contribution in [3.8, 4) is 17.2 Å². The topological polar surface area (TPSA) is 104 Å². The first-order chi connectivity index (χ1) is 16.5. The van der Waals surface area contributed by atoms with E-state index in [9.17, 15) is 14.4 Å². The van der Waals surface area contributed by atoms with Crippen LogP contribution in [0.3, 0.4) is 0 Å². The van der Waals surface area contributed by atoms with Crippen molar-refractivity contribution < 1.29 is 14.3 Å². The SMILES string of the molecule is COc1ccc(CNC(=O)Cn2c(=O)n(-c3ccccc3OC)c(=O)c3sc(SC)nc32)cc1. The summed E-state index contributed by atoms with van der Waals surface area (Å²) < 4.78 is 13.7. The van der Waals surface area contributed by atoms with Crippen LogP contribution in [0.25, 0.3) is 16.0 Å². The lowest BCUT2D eigenvalue weighted by Crippen LogP contribution is -2.41. The number of hydrogen-bond acceptors (Lipinski definition) is 8. The molecule has 0 saturated carbocycles. The minimum absolute atomic E-state index is 0.190. The number of fused-ring (bicyclic) bond motifs is 1. The molecule has 176 valence electrons. The van der Waals surface area contributed by atoms with E-state index in [1.165, 1.54) is 34.8 Å². The minimum atomic E-state index is -0.667. The van der Waals surface area contributed by atoms with Gasteiger partial charge in [0.25, 0.3) is 5.56 Å². The van der Waals surface area contributed by atoms with Crippen LogP contribution in [0.1, 0.15) is 5.56 Å². The largest absolute Gasteiger partial charge is 0.497 e. The number of nitrogens with zero attached hydrogens (tertiary/aromatic N) is 3. The molecule has 0 saturated heterocycles. The molecule has 4 aromatic rings. The number of thioether (sulfide) groups is 1. The van der Waals surface area contributed by atoms with Crippen LogP contribution in [-0.4, -0.2) is 40.5 Å². The smallest absolute Gasteiger partial charge is 0.337 e. The summed E-state index contributed by atoms with van der Waals surface area (Å²) >= 11 is 2.55. The molecule has 0 spiro atoms. The summed E-state index contributed by atoms with van der Waals surface area (Å²) in [6.07, 6.45) is 1.83. The van der Waals surface area contributed by atoms with Gasteiger partial charge in [0.2, 0.25) is 5.91 Å². The Bertz CT molecular complexity index is 1460. The Morgan fingerprint density at radius 2 is 1.82 bits per heavy atom. The molecule has 9 nitrogen and oxygen atoms in total. The third-order valence-corrected chi connectivity index (χ3v) is 7.13. The summed E-state index contributed by atoms with van der Waals surface area (Å²) in [4.78, 5) is 44.0. The highest BCUT2D eigenvalue weighted by molar-refractivity contribution is 8.00. The number of amides is 1. The van der Waals surface area contributed by atoms with E-state index in [4.69, 9.17) is 9.47 Å². The second kappa shape index (κ2) is 10.1. The number of para-hydroxylation sites is 2. The lowest BCUT2D eigenvalue weighted by molar-refractivity contribution is -0.121. The molecule has 0 aliphatic carbocycles. The van der Waals surface area contributed by atoms with Crippen LogP contribution in [0.15, 0.2) is 62.5 Å². The molecule has 1 amide bonds. The fourth-order valence-electron chi connectivity index (χ4n) is 3.42. The first-order valence-electron chi connectivity index (χ1n) is 10.2. The summed E-state index contributed by atoms with van der Waals surface area (Å²) in [5.41, 5.74) is 0.198. The predicted octanol–water partition coefficient (Wildman–Crippen LogP) is 2.66.